The fourth-order valence-corrected chi connectivity index (χ4v) is 6.19. The van der Waals surface area contributed by atoms with E-state index in [1.54, 1.807) is 63.0 Å². The van der Waals surface area contributed by atoms with Gasteiger partial charge in [-0.2, -0.15) is 0 Å². The Kier molecular flexibility index (Phi) is 9.97. The molecule has 0 saturated carbocycles. The maximum Gasteiger partial charge on any atom is 0.323 e. The number of nitrogens with one attached hydrogen (secondary N) is 2. The van der Waals surface area contributed by atoms with E-state index in [1.807, 2.05) is 28.8 Å². The molecule has 2 N–H and O–H groups in total. The summed E-state index contributed by atoms with van der Waals surface area (Å²) < 4.78 is 18.4. The number of piperidine rings is 1. The van der Waals surface area contributed by atoms with Gasteiger partial charge in [0.25, 0.3) is 0 Å². The number of pyridine rings is 2. The summed E-state index contributed by atoms with van der Waals surface area (Å²) in [5.74, 6) is 0.376. The number of hydrogen-bond donors (Lipinski definition) is 2. The molecule has 1 fully saturated rings. The fraction of sp³-hybridized carbons (Fsp3) is 0.343. The molecule has 4 aromatic rings. The number of carbonyl (C=O) groups is 3. The topological polar surface area (TPSA) is 140 Å². The van der Waals surface area contributed by atoms with Gasteiger partial charge in [-0.05, 0) is 55.3 Å². The van der Waals surface area contributed by atoms with Crippen LogP contribution in [0.25, 0.3) is 17.1 Å². The van der Waals surface area contributed by atoms with Gasteiger partial charge in [0.05, 0.1) is 30.7 Å². The molecule has 250 valence electrons. The molecule has 0 spiro atoms. The first-order valence-electron chi connectivity index (χ1n) is 15.9. The molecule has 1 saturated heterocycles. The number of aryl methyl sites for hydroxylation is 1. The van der Waals surface area contributed by atoms with E-state index >= 15 is 0 Å². The Bertz CT molecular complexity index is 1820. The molecule has 0 bridgehead atoms. The number of fused-ring (bicyclic) bond motifs is 2. The van der Waals surface area contributed by atoms with Crippen LogP contribution in [-0.2, 0) is 21.3 Å². The monoisotopic (exact) mass is 653 g/mol. The Morgan fingerprint density at radius 2 is 1.79 bits per heavy atom. The lowest BCUT2D eigenvalue weighted by Crippen LogP contribution is -2.44. The number of anilines is 3. The van der Waals surface area contributed by atoms with Crippen molar-refractivity contribution in [2.75, 3.05) is 69.1 Å². The van der Waals surface area contributed by atoms with Crippen molar-refractivity contribution in [3.63, 3.8) is 0 Å². The minimum atomic E-state index is -0.455. The van der Waals surface area contributed by atoms with Gasteiger partial charge in [-0.15, -0.1) is 0 Å². The SMILES string of the molecule is COCCN(CCOC)C(=O)C1CCN(c2ccnc3c2c(/C=C2\Oc4ccc(NC(=O)Nc5cccnc5)cc4C2=O)cn3C)CC1. The summed E-state index contributed by atoms with van der Waals surface area (Å²) in [7, 11) is 5.19. The van der Waals surface area contributed by atoms with E-state index in [1.165, 1.54) is 6.20 Å². The molecule has 0 aliphatic carbocycles. The highest BCUT2D eigenvalue weighted by molar-refractivity contribution is 6.16. The minimum absolute atomic E-state index is 0.0755. The number of hydrogen-bond acceptors (Lipinski definition) is 9. The van der Waals surface area contributed by atoms with Crippen molar-refractivity contribution < 1.29 is 28.6 Å². The molecule has 5 heterocycles. The second-order valence-electron chi connectivity index (χ2n) is 11.8. The molecule has 2 aliphatic rings. The molecule has 13 heteroatoms. The number of allylic oxidation sites excluding steroid dienone is 1. The first-order chi connectivity index (χ1) is 23.4. The third kappa shape index (κ3) is 7.02. The molecule has 48 heavy (non-hydrogen) atoms. The highest BCUT2D eigenvalue weighted by Gasteiger charge is 2.31. The van der Waals surface area contributed by atoms with Crippen LogP contribution in [0.5, 0.6) is 5.75 Å². The van der Waals surface area contributed by atoms with Crippen LogP contribution in [0.3, 0.4) is 0 Å². The predicted molar refractivity (Wildman–Crippen MR) is 182 cm³/mol. The molecular weight excluding hydrogens is 614 g/mol. The molecule has 3 aromatic heterocycles. The summed E-state index contributed by atoms with van der Waals surface area (Å²) in [6.45, 7) is 3.44. The zero-order valence-electron chi connectivity index (χ0n) is 27.3. The second-order valence-corrected chi connectivity index (χ2v) is 11.8. The van der Waals surface area contributed by atoms with Gasteiger partial charge in [-0.3, -0.25) is 14.6 Å². The van der Waals surface area contributed by atoms with Crippen molar-refractivity contribution in [1.82, 2.24) is 19.4 Å². The number of ketones is 1. The lowest BCUT2D eigenvalue weighted by molar-refractivity contribution is -0.137. The number of Topliss-reactive ketones (excluding diaryl/α,β-unsaturated/α-hetero) is 1. The van der Waals surface area contributed by atoms with E-state index in [-0.39, 0.29) is 23.4 Å². The van der Waals surface area contributed by atoms with Crippen LogP contribution in [0.2, 0.25) is 0 Å². The summed E-state index contributed by atoms with van der Waals surface area (Å²) in [5.41, 5.74) is 3.91. The summed E-state index contributed by atoms with van der Waals surface area (Å²) >= 11 is 0. The normalized spacial score (nSPS) is 15.4. The Morgan fingerprint density at radius 3 is 2.50 bits per heavy atom. The number of amides is 3. The quantitative estimate of drug-likeness (QED) is 0.223. The molecule has 3 amide bonds. The third-order valence-corrected chi connectivity index (χ3v) is 8.62. The number of benzene rings is 1. The molecular formula is C35H39N7O6. The van der Waals surface area contributed by atoms with Crippen LogP contribution < -0.4 is 20.3 Å². The molecule has 13 nitrogen and oxygen atoms in total. The predicted octanol–water partition coefficient (Wildman–Crippen LogP) is 4.57. The van der Waals surface area contributed by atoms with E-state index < -0.39 is 6.03 Å². The van der Waals surface area contributed by atoms with E-state index in [4.69, 9.17) is 14.2 Å². The van der Waals surface area contributed by atoms with Crippen LogP contribution in [0.15, 0.2) is 66.9 Å². The molecule has 1 aromatic carbocycles. The summed E-state index contributed by atoms with van der Waals surface area (Å²) in [6.07, 6.45) is 10.1. The molecule has 0 unspecified atom stereocenters. The van der Waals surface area contributed by atoms with Crippen molar-refractivity contribution in [2.24, 2.45) is 13.0 Å². The number of rotatable bonds is 11. The summed E-state index contributed by atoms with van der Waals surface area (Å²) in [6, 6.07) is 9.93. The number of carbonyl (C=O) groups excluding carboxylic acids is 3. The van der Waals surface area contributed by atoms with Crippen molar-refractivity contribution in [3.8, 4) is 5.75 Å². The summed E-state index contributed by atoms with van der Waals surface area (Å²) in [5, 5.41) is 6.37. The van der Waals surface area contributed by atoms with Crippen molar-refractivity contribution >= 4 is 51.9 Å². The molecule has 2 aliphatic heterocycles. The van der Waals surface area contributed by atoms with Crippen molar-refractivity contribution in [2.45, 2.75) is 12.8 Å². The van der Waals surface area contributed by atoms with Crippen LogP contribution >= 0.6 is 0 Å². The zero-order valence-corrected chi connectivity index (χ0v) is 27.3. The average Bonchev–Trinajstić information content (AvgIpc) is 3.59. The maximum absolute atomic E-state index is 13.5. The van der Waals surface area contributed by atoms with Crippen LogP contribution in [0, 0.1) is 5.92 Å². The average molecular weight is 654 g/mol. The van der Waals surface area contributed by atoms with Gasteiger partial charge in [0.1, 0.15) is 11.4 Å². The fourth-order valence-electron chi connectivity index (χ4n) is 6.19. The first-order valence-corrected chi connectivity index (χ1v) is 15.9. The Hall–Kier alpha value is -5.27. The highest BCUT2D eigenvalue weighted by Crippen LogP contribution is 2.37. The van der Waals surface area contributed by atoms with E-state index in [0.717, 1.165) is 35.1 Å². The lowest BCUT2D eigenvalue weighted by atomic mass is 9.94. The van der Waals surface area contributed by atoms with Crippen molar-refractivity contribution in [1.29, 1.82) is 0 Å². The standard InChI is InChI=1S/C35H39N7O6/c1-40-22-24(19-30-32(43)27-20-25(6-7-29(27)48-30)38-35(45)39-26-5-4-11-36-21-26)31-28(8-12-37-33(31)40)41-13-9-23(10-14-41)34(44)42(15-17-46-2)16-18-47-3/h4-8,11-12,19-23H,9-10,13-18H2,1-3H3,(H2,38,39,45)/b30-19-. The molecule has 0 radical (unpaired) electrons. The smallest absolute Gasteiger partial charge is 0.323 e. The van der Waals surface area contributed by atoms with Crippen molar-refractivity contribution in [3.05, 3.63) is 78.1 Å². The number of ether oxygens (including phenoxy) is 3. The molecule has 0 atom stereocenters. The number of nitrogens with zero attached hydrogens (tertiary/aromatic N) is 5. The Morgan fingerprint density at radius 1 is 1.04 bits per heavy atom. The second kappa shape index (κ2) is 14.7. The van der Waals surface area contributed by atoms with Gasteiger partial charge in [0.15, 0.2) is 5.76 Å². The largest absolute Gasteiger partial charge is 0.452 e. The van der Waals surface area contributed by atoms with E-state index in [2.05, 4.69) is 25.5 Å². The maximum atomic E-state index is 13.5. The number of aromatic nitrogens is 3. The van der Waals surface area contributed by atoms with Crippen LogP contribution in [0.1, 0.15) is 28.8 Å². The zero-order chi connectivity index (χ0) is 33.6. The van der Waals surface area contributed by atoms with Gasteiger partial charge >= 0.3 is 6.03 Å². The van der Waals surface area contributed by atoms with Gasteiger partial charge < -0.3 is 39.2 Å². The minimum Gasteiger partial charge on any atom is -0.452 e. The van der Waals surface area contributed by atoms with E-state index in [9.17, 15) is 14.4 Å². The van der Waals surface area contributed by atoms with Crippen LogP contribution in [-0.4, -0.2) is 90.8 Å². The van der Waals surface area contributed by atoms with Gasteiger partial charge in [-0.25, -0.2) is 9.78 Å². The Labute approximate surface area is 278 Å². The highest BCUT2D eigenvalue weighted by atomic mass is 16.5. The van der Waals surface area contributed by atoms with Crippen LogP contribution in [0.4, 0.5) is 21.9 Å². The van der Waals surface area contributed by atoms with E-state index in [0.29, 0.717) is 62.1 Å². The summed E-state index contributed by atoms with van der Waals surface area (Å²) in [4.78, 5) is 52.2. The Balaban J connectivity index is 1.18. The lowest BCUT2D eigenvalue weighted by Gasteiger charge is -2.35. The third-order valence-electron chi connectivity index (χ3n) is 8.62. The van der Waals surface area contributed by atoms with Gasteiger partial charge in [0.2, 0.25) is 11.7 Å². The van der Waals surface area contributed by atoms with Gasteiger partial charge in [-0.1, -0.05) is 0 Å². The first kappa shape index (κ1) is 32.7. The molecule has 6 rings (SSSR count). The number of methoxy groups -OCH3 is 2. The number of urea groups is 1. The van der Waals surface area contributed by atoms with Gasteiger partial charge in [0, 0.05) is 94.3 Å².